The van der Waals surface area contributed by atoms with Gasteiger partial charge in [0.15, 0.2) is 66.5 Å². The van der Waals surface area contributed by atoms with Crippen LogP contribution in [0, 0.1) is 0 Å². The van der Waals surface area contributed by atoms with E-state index in [0.717, 1.165) is 24.2 Å². The third-order valence-electron chi connectivity index (χ3n) is 12.7. The summed E-state index contributed by atoms with van der Waals surface area (Å²) in [4.78, 5) is 0. The summed E-state index contributed by atoms with van der Waals surface area (Å²) in [5, 5.41) is 0. The Morgan fingerprint density at radius 2 is 0.442 bits per heavy atom. The molecule has 52 heavy (non-hydrogen) atoms. The van der Waals surface area contributed by atoms with Crippen LogP contribution in [0.25, 0.3) is 0 Å². The van der Waals surface area contributed by atoms with Gasteiger partial charge in [-0.25, -0.2) is 0 Å². The van der Waals surface area contributed by atoms with E-state index in [-0.39, 0.29) is 0 Å². The predicted octanol–water partition coefficient (Wildman–Crippen LogP) is 13.2. The third-order valence-corrected chi connectivity index (χ3v) is 49.0. The summed E-state index contributed by atoms with van der Waals surface area (Å²) in [5.41, 5.74) is 1.70. The van der Waals surface area contributed by atoms with E-state index in [9.17, 15) is 0 Å². The Morgan fingerprint density at radius 3 is 0.615 bits per heavy atom. The summed E-state index contributed by atoms with van der Waals surface area (Å²) in [6.07, 6.45) is 37.6. The van der Waals surface area contributed by atoms with Crippen molar-refractivity contribution in [2.24, 2.45) is 0 Å². The van der Waals surface area contributed by atoms with Crippen LogP contribution >= 0.6 is 0 Å². The van der Waals surface area contributed by atoms with Crippen LogP contribution in [-0.2, 0) is 16.5 Å². The molecule has 0 N–H and O–H groups in total. The average Bonchev–Trinajstić information content (AvgIpc) is 3.88. The Labute approximate surface area is 327 Å². The molecule has 0 aromatic carbocycles. The van der Waals surface area contributed by atoms with Gasteiger partial charge in [-0.2, -0.15) is 0 Å². The monoisotopic (exact) mass is 840 g/mol. The van der Waals surface area contributed by atoms with Crippen LogP contribution < -0.4 is 0 Å². The Bertz CT molecular complexity index is 1260. The number of rotatable bonds is 4. The second kappa shape index (κ2) is 16.2. The lowest BCUT2D eigenvalue weighted by Gasteiger charge is -2.47. The van der Waals surface area contributed by atoms with Crippen LogP contribution in [-0.4, -0.2) is 66.5 Å². The second-order valence-corrected chi connectivity index (χ2v) is 54.4. The van der Waals surface area contributed by atoms with Gasteiger partial charge in [0, 0.05) is 22.2 Å². The molecule has 5 aliphatic rings. The zero-order valence-electron chi connectivity index (χ0n) is 34.8. The molecule has 0 aromatic rings. The van der Waals surface area contributed by atoms with E-state index >= 15 is 0 Å². The van der Waals surface area contributed by atoms with Crippen molar-refractivity contribution < 1.29 is 16.5 Å². The number of hydrogen-bond donors (Lipinski definition) is 0. The van der Waals surface area contributed by atoms with Gasteiger partial charge in [-0.15, -0.1) is 0 Å². The van der Waals surface area contributed by atoms with E-state index < -0.39 is 66.5 Å². The Morgan fingerprint density at radius 1 is 0.269 bits per heavy atom. The number of hydrogen-bond acceptors (Lipinski definition) is 4. The van der Waals surface area contributed by atoms with Gasteiger partial charge in [0.2, 0.25) is 0 Å². The van der Waals surface area contributed by atoms with Crippen molar-refractivity contribution >= 4 is 66.5 Å². The maximum Gasteiger partial charge on any atom is 0.187 e. The van der Waals surface area contributed by atoms with Crippen LogP contribution in [0.4, 0.5) is 0 Å². The molecule has 0 aromatic heterocycles. The first-order valence-corrected chi connectivity index (χ1v) is 43.5. The van der Waals surface area contributed by atoms with Crippen molar-refractivity contribution in [3.8, 4) is 0 Å². The summed E-state index contributed by atoms with van der Waals surface area (Å²) < 4.78 is 30.8. The summed E-state index contributed by atoms with van der Waals surface area (Å²) >= 11 is 0. The maximum absolute atomic E-state index is 7.93. The fourth-order valence-electron chi connectivity index (χ4n) is 9.46. The first-order chi connectivity index (χ1) is 24.1. The van der Waals surface area contributed by atoms with E-state index in [1.807, 2.05) is 0 Å². The van der Waals surface area contributed by atoms with Crippen molar-refractivity contribution in [1.82, 2.24) is 0 Å². The molecule has 12 heteroatoms. The van der Waals surface area contributed by atoms with E-state index in [1.165, 1.54) is 24.2 Å². The average molecular weight is 842 g/mol. The van der Waals surface area contributed by atoms with E-state index in [2.05, 4.69) is 176 Å². The maximum atomic E-state index is 7.93. The topological polar surface area (TPSA) is 36.9 Å². The van der Waals surface area contributed by atoms with Crippen molar-refractivity contribution in [1.29, 1.82) is 0 Å². The fourth-order valence-corrected chi connectivity index (χ4v) is 58.4. The third kappa shape index (κ3) is 10.9. The molecule has 5 rings (SSSR count). The molecule has 0 amide bonds. The largest absolute Gasteiger partial charge is 0.456 e. The van der Waals surface area contributed by atoms with Crippen molar-refractivity contribution in [2.45, 2.75) is 149 Å². The zero-order valence-corrected chi connectivity index (χ0v) is 42.8. The molecule has 288 valence electrons. The van der Waals surface area contributed by atoms with Gasteiger partial charge in [0.25, 0.3) is 0 Å². The lowest BCUT2D eigenvalue weighted by molar-refractivity contribution is 0.496. The standard InChI is InChI=1S/C40H72O4Si8/c1-45(2)29-33-49(9,37-21-13-14-22-37)43-51(11,39-25-17-18-26-39)35-31-47(5,6)42-48(7,8)32-36-52(12,40-27-19-20-28-40)44-50(10,38-23-15-16-24-38)34-30-46(3,4)41-45/h13-28,37-40H,29-36H2,1-12H3. The number of allylic oxidation sites excluding steroid dienone is 16. The molecule has 1 saturated heterocycles. The van der Waals surface area contributed by atoms with Gasteiger partial charge in [-0.05, 0) is 127 Å². The first kappa shape index (κ1) is 42.6. The van der Waals surface area contributed by atoms with E-state index in [0.29, 0.717) is 22.2 Å². The van der Waals surface area contributed by atoms with Gasteiger partial charge in [0.1, 0.15) is 0 Å². The fraction of sp³-hybridized carbons (Fsp3) is 0.600. The summed E-state index contributed by atoms with van der Waals surface area (Å²) in [7, 11) is -16.8. The molecule has 0 saturated carbocycles. The molecular weight excluding hydrogens is 769 g/mol. The highest BCUT2D eigenvalue weighted by Crippen LogP contribution is 2.47. The van der Waals surface area contributed by atoms with Gasteiger partial charge in [-0.1, -0.05) is 97.2 Å². The highest BCUT2D eigenvalue weighted by atomic mass is 28.4. The van der Waals surface area contributed by atoms with Crippen molar-refractivity contribution in [2.75, 3.05) is 0 Å². The predicted molar refractivity (Wildman–Crippen MR) is 247 cm³/mol. The minimum Gasteiger partial charge on any atom is -0.456 e. The minimum atomic E-state index is -2.21. The lowest BCUT2D eigenvalue weighted by Crippen LogP contribution is -2.56. The van der Waals surface area contributed by atoms with Crippen molar-refractivity contribution in [3.63, 3.8) is 0 Å². The SMILES string of the molecule is C[Si]1(C)CC[Si](C)(C2C=CC=C2)O[Si](C)(C2C=CC=C2)CC[Si](C)(C)O[Si](C)(C)CC[Si](C)(C2C=CC=C2)O[Si](C)(C2C=CC=C2)CC[Si](C)(C)O1. The summed E-state index contributed by atoms with van der Waals surface area (Å²) in [6, 6.07) is 9.31. The molecule has 0 radical (unpaired) electrons. The summed E-state index contributed by atoms with van der Waals surface area (Å²) in [5.74, 6) is 0. The van der Waals surface area contributed by atoms with Crippen LogP contribution in [0.2, 0.25) is 149 Å². The summed E-state index contributed by atoms with van der Waals surface area (Å²) in [6.45, 7) is 30.2. The van der Waals surface area contributed by atoms with Gasteiger partial charge in [-0.3, -0.25) is 0 Å². The van der Waals surface area contributed by atoms with E-state index in [1.54, 1.807) is 0 Å². The molecule has 4 aliphatic carbocycles. The van der Waals surface area contributed by atoms with Crippen LogP contribution in [0.15, 0.2) is 97.2 Å². The highest BCUT2D eigenvalue weighted by Gasteiger charge is 2.51. The van der Waals surface area contributed by atoms with Crippen molar-refractivity contribution in [3.05, 3.63) is 97.2 Å². The molecule has 0 bridgehead atoms. The van der Waals surface area contributed by atoms with Gasteiger partial charge >= 0.3 is 0 Å². The Kier molecular flexibility index (Phi) is 13.2. The molecule has 1 heterocycles. The molecule has 4 unspecified atom stereocenters. The Balaban J connectivity index is 1.51. The molecule has 0 spiro atoms. The lowest BCUT2D eigenvalue weighted by atomic mass is 10.5. The second-order valence-electron chi connectivity index (χ2n) is 19.9. The smallest absolute Gasteiger partial charge is 0.187 e. The van der Waals surface area contributed by atoms with Gasteiger partial charge < -0.3 is 16.5 Å². The van der Waals surface area contributed by atoms with Crippen LogP contribution in [0.1, 0.15) is 0 Å². The molecule has 4 nitrogen and oxygen atoms in total. The first-order valence-electron chi connectivity index (χ1n) is 20.3. The van der Waals surface area contributed by atoms with Crippen LogP contribution in [0.3, 0.4) is 0 Å². The molecule has 4 atom stereocenters. The molecular formula is C40H72O4Si8. The van der Waals surface area contributed by atoms with E-state index in [4.69, 9.17) is 16.5 Å². The van der Waals surface area contributed by atoms with Crippen LogP contribution in [0.5, 0.6) is 0 Å². The highest BCUT2D eigenvalue weighted by molar-refractivity contribution is 6.93. The Hall–Kier alpha value is -0.505. The molecule has 1 aliphatic heterocycles. The van der Waals surface area contributed by atoms with Gasteiger partial charge in [0.05, 0.1) is 0 Å². The minimum absolute atomic E-state index is 0.425. The zero-order chi connectivity index (χ0) is 38.1. The normalized spacial score (nSPS) is 37.5. The molecule has 1 fully saturated rings. The quantitative estimate of drug-likeness (QED) is 0.264.